The normalized spacial score (nSPS) is 27.8. The fourth-order valence-electron chi connectivity index (χ4n) is 1.18. The Bertz CT molecular complexity index is 250. The van der Waals surface area contributed by atoms with Gasteiger partial charge in [0.15, 0.2) is 0 Å². The number of carbonyl (C=O) groups excluding carboxylic acids is 1. The van der Waals surface area contributed by atoms with Gasteiger partial charge in [0.1, 0.15) is 3.74 Å². The van der Waals surface area contributed by atoms with Gasteiger partial charge in [-0.1, -0.05) is 45.2 Å². The lowest BCUT2D eigenvalue weighted by molar-refractivity contribution is -0.139. The maximum absolute atomic E-state index is 11.1. The van der Waals surface area contributed by atoms with Crippen molar-refractivity contribution in [1.82, 2.24) is 0 Å². The molecule has 0 radical (unpaired) electrons. The molecule has 1 unspecified atom stereocenters. The van der Waals surface area contributed by atoms with Crippen molar-refractivity contribution in [3.63, 3.8) is 0 Å². The van der Waals surface area contributed by atoms with Gasteiger partial charge in [0.2, 0.25) is 4.51 Å². The summed E-state index contributed by atoms with van der Waals surface area (Å²) >= 11 is 10.1. The van der Waals surface area contributed by atoms with E-state index in [1.54, 1.807) is 6.08 Å². The van der Waals surface area contributed by atoms with E-state index in [0.717, 1.165) is 18.4 Å². The predicted octanol–water partition coefficient (Wildman–Crippen LogP) is 3.48. The van der Waals surface area contributed by atoms with Crippen LogP contribution in [0.2, 0.25) is 0 Å². The fourth-order valence-corrected chi connectivity index (χ4v) is 2.43. The Hall–Kier alpha value is 0.650. The molecule has 1 rings (SSSR count). The fraction of sp³-hybridized carbons (Fsp3) is 0.625. The van der Waals surface area contributed by atoms with Gasteiger partial charge >= 0.3 is 5.97 Å². The van der Waals surface area contributed by atoms with Crippen LogP contribution in [0.3, 0.4) is 0 Å². The summed E-state index contributed by atoms with van der Waals surface area (Å²) in [5.74, 6) is -0.288. The summed E-state index contributed by atoms with van der Waals surface area (Å²) in [4.78, 5) is 11.1. The highest BCUT2D eigenvalue weighted by Crippen LogP contribution is 2.45. The third-order valence-electron chi connectivity index (χ3n) is 1.78. The molecule has 0 aromatic rings. The SMILES string of the molecule is CCCC1=CC(=O)OC1(Br)C(Br)Br. The third kappa shape index (κ3) is 2.36. The van der Waals surface area contributed by atoms with E-state index >= 15 is 0 Å². The lowest BCUT2D eigenvalue weighted by Crippen LogP contribution is -2.31. The van der Waals surface area contributed by atoms with E-state index in [9.17, 15) is 4.79 Å². The molecule has 2 nitrogen and oxygen atoms in total. The van der Waals surface area contributed by atoms with Crippen LogP contribution in [-0.2, 0) is 9.53 Å². The maximum Gasteiger partial charge on any atom is 0.332 e. The van der Waals surface area contributed by atoms with Crippen molar-refractivity contribution in [1.29, 1.82) is 0 Å². The van der Waals surface area contributed by atoms with E-state index in [1.165, 1.54) is 0 Å². The molecule has 1 atom stereocenters. The van der Waals surface area contributed by atoms with E-state index < -0.39 is 4.51 Å². The summed E-state index contributed by atoms with van der Waals surface area (Å²) in [6.07, 6.45) is 3.39. The Balaban J connectivity index is 2.88. The molecule has 0 N–H and O–H groups in total. The summed E-state index contributed by atoms with van der Waals surface area (Å²) in [5, 5.41) is 0. The van der Waals surface area contributed by atoms with Gasteiger partial charge in [0, 0.05) is 6.08 Å². The Morgan fingerprint density at radius 2 is 2.23 bits per heavy atom. The zero-order chi connectivity index (χ0) is 10.1. The van der Waals surface area contributed by atoms with Crippen LogP contribution in [0.25, 0.3) is 0 Å². The standard InChI is InChI=1S/C8H9Br3O2/c1-2-3-5-4-6(12)13-8(5,11)7(9)10/h4,7H,2-3H2,1H3. The highest BCUT2D eigenvalue weighted by molar-refractivity contribution is 9.25. The van der Waals surface area contributed by atoms with Crippen LogP contribution in [0.4, 0.5) is 0 Å². The Morgan fingerprint density at radius 1 is 1.62 bits per heavy atom. The van der Waals surface area contributed by atoms with Crippen LogP contribution in [0.15, 0.2) is 11.6 Å². The van der Waals surface area contributed by atoms with Crippen LogP contribution in [0.5, 0.6) is 0 Å². The second kappa shape index (κ2) is 4.45. The van der Waals surface area contributed by atoms with E-state index in [4.69, 9.17) is 4.74 Å². The average Bonchev–Trinajstić information content (AvgIpc) is 2.29. The first kappa shape index (κ1) is 11.7. The third-order valence-corrected chi connectivity index (χ3v) is 5.43. The van der Waals surface area contributed by atoms with Crippen molar-refractivity contribution >= 4 is 53.8 Å². The first-order valence-electron chi connectivity index (χ1n) is 3.91. The van der Waals surface area contributed by atoms with Crippen LogP contribution in [0.1, 0.15) is 19.8 Å². The second-order valence-electron chi connectivity index (χ2n) is 2.79. The minimum atomic E-state index is -0.708. The van der Waals surface area contributed by atoms with Crippen molar-refractivity contribution in [3.8, 4) is 0 Å². The van der Waals surface area contributed by atoms with Gasteiger partial charge in [-0.3, -0.25) is 0 Å². The summed E-state index contributed by atoms with van der Waals surface area (Å²) in [6, 6.07) is 0. The molecule has 0 amide bonds. The summed E-state index contributed by atoms with van der Waals surface area (Å²) in [5.41, 5.74) is 0.971. The molecule has 0 aliphatic carbocycles. The van der Waals surface area contributed by atoms with Crippen LogP contribution >= 0.6 is 47.8 Å². The molecule has 0 aromatic carbocycles. The number of carbonyl (C=O) groups is 1. The van der Waals surface area contributed by atoms with E-state index in [2.05, 4.69) is 54.7 Å². The van der Waals surface area contributed by atoms with Gasteiger partial charge in [0.25, 0.3) is 0 Å². The molecule has 0 bridgehead atoms. The first-order chi connectivity index (χ1) is 6.00. The van der Waals surface area contributed by atoms with Gasteiger partial charge in [-0.2, -0.15) is 0 Å². The van der Waals surface area contributed by atoms with Crippen molar-refractivity contribution in [3.05, 3.63) is 11.6 Å². The molecule has 1 heterocycles. The molecule has 0 spiro atoms. The number of alkyl halides is 3. The number of ether oxygens (including phenoxy) is 1. The van der Waals surface area contributed by atoms with Crippen LogP contribution in [0, 0.1) is 0 Å². The van der Waals surface area contributed by atoms with Crippen molar-refractivity contribution < 1.29 is 9.53 Å². The largest absolute Gasteiger partial charge is 0.438 e. The van der Waals surface area contributed by atoms with Gasteiger partial charge in [0.05, 0.1) is 0 Å². The Kier molecular flexibility index (Phi) is 4.01. The Labute approximate surface area is 102 Å². The number of halogens is 3. The second-order valence-corrected chi connectivity index (χ2v) is 7.02. The van der Waals surface area contributed by atoms with E-state index in [0.29, 0.717) is 0 Å². The summed E-state index contributed by atoms with van der Waals surface area (Å²) < 4.78 is 4.34. The highest BCUT2D eigenvalue weighted by atomic mass is 79.9. The van der Waals surface area contributed by atoms with Crippen LogP contribution in [-0.4, -0.2) is 14.2 Å². The molecule has 0 fully saturated rings. The molecule has 13 heavy (non-hydrogen) atoms. The maximum atomic E-state index is 11.1. The zero-order valence-electron chi connectivity index (χ0n) is 7.02. The van der Waals surface area contributed by atoms with E-state index in [1.807, 2.05) is 0 Å². The molecular weight excluding hydrogens is 368 g/mol. The Morgan fingerprint density at radius 3 is 2.69 bits per heavy atom. The summed E-state index contributed by atoms with van der Waals surface area (Å²) in [6.45, 7) is 2.06. The summed E-state index contributed by atoms with van der Waals surface area (Å²) in [7, 11) is 0. The van der Waals surface area contributed by atoms with Gasteiger partial charge in [-0.15, -0.1) is 0 Å². The number of rotatable bonds is 3. The minimum absolute atomic E-state index is 0.114. The van der Waals surface area contributed by atoms with Crippen molar-refractivity contribution in [2.75, 3.05) is 0 Å². The molecule has 5 heteroatoms. The predicted molar refractivity (Wildman–Crippen MR) is 62.4 cm³/mol. The lowest BCUT2D eigenvalue weighted by Gasteiger charge is -2.26. The monoisotopic (exact) mass is 374 g/mol. The first-order valence-corrected chi connectivity index (χ1v) is 6.54. The highest BCUT2D eigenvalue weighted by Gasteiger charge is 2.44. The molecule has 0 aromatic heterocycles. The van der Waals surface area contributed by atoms with Gasteiger partial charge in [-0.25, -0.2) is 4.79 Å². The molecule has 0 saturated carbocycles. The minimum Gasteiger partial charge on any atom is -0.438 e. The molecule has 1 aliphatic rings. The number of hydrogen-bond acceptors (Lipinski definition) is 2. The van der Waals surface area contributed by atoms with Gasteiger partial charge in [-0.05, 0) is 27.9 Å². The van der Waals surface area contributed by atoms with E-state index in [-0.39, 0.29) is 9.71 Å². The average molecular weight is 377 g/mol. The van der Waals surface area contributed by atoms with Crippen LogP contribution < -0.4 is 0 Å². The topological polar surface area (TPSA) is 26.3 Å². The number of cyclic esters (lactones) is 1. The van der Waals surface area contributed by atoms with Gasteiger partial charge < -0.3 is 4.74 Å². The van der Waals surface area contributed by atoms with Crippen molar-refractivity contribution in [2.24, 2.45) is 0 Å². The lowest BCUT2D eigenvalue weighted by atomic mass is 10.1. The molecule has 1 aliphatic heterocycles. The molecular formula is C8H9Br3O2. The molecule has 0 saturated heterocycles. The number of esters is 1. The zero-order valence-corrected chi connectivity index (χ0v) is 11.8. The number of hydrogen-bond donors (Lipinski definition) is 0. The van der Waals surface area contributed by atoms with Crippen molar-refractivity contribution in [2.45, 2.75) is 28.0 Å². The molecule has 74 valence electrons. The smallest absolute Gasteiger partial charge is 0.332 e. The quantitative estimate of drug-likeness (QED) is 0.557.